The van der Waals surface area contributed by atoms with Gasteiger partial charge in [-0.1, -0.05) is 12.1 Å². The molecule has 0 saturated carbocycles. The van der Waals surface area contributed by atoms with E-state index in [1.165, 1.54) is 29.2 Å². The Hall–Kier alpha value is -3.68. The Kier molecular flexibility index (Phi) is 3.88. The molecule has 0 atom stereocenters. The largest absolute Gasteiger partial charge is 0.477 e. The van der Waals surface area contributed by atoms with Gasteiger partial charge in [0.2, 0.25) is 0 Å². The zero-order valence-corrected chi connectivity index (χ0v) is 14.2. The number of aryl methyl sites for hydroxylation is 1. The number of pyridine rings is 1. The minimum Gasteiger partial charge on any atom is -0.477 e. The second-order valence-corrected chi connectivity index (χ2v) is 6.13. The Bertz CT molecular complexity index is 1240. The van der Waals surface area contributed by atoms with Gasteiger partial charge in [-0.2, -0.15) is 5.10 Å². The van der Waals surface area contributed by atoms with Crippen LogP contribution in [0.4, 0.5) is 4.39 Å². The maximum atomic E-state index is 14.6. The molecule has 136 valence electrons. The molecular weight excluding hydrogens is 353 g/mol. The lowest BCUT2D eigenvalue weighted by Gasteiger charge is -2.09. The van der Waals surface area contributed by atoms with E-state index in [4.69, 9.17) is 4.42 Å². The summed E-state index contributed by atoms with van der Waals surface area (Å²) >= 11 is 0. The van der Waals surface area contributed by atoms with Crippen LogP contribution in [0, 0.1) is 5.82 Å². The van der Waals surface area contributed by atoms with Gasteiger partial charge in [0.05, 0.1) is 23.9 Å². The first kappa shape index (κ1) is 16.8. The van der Waals surface area contributed by atoms with Crippen molar-refractivity contribution in [2.75, 3.05) is 0 Å². The van der Waals surface area contributed by atoms with E-state index in [9.17, 15) is 19.1 Å². The van der Waals surface area contributed by atoms with Crippen LogP contribution in [0.1, 0.15) is 15.9 Å². The topological polar surface area (TPSA) is 90.3 Å². The molecule has 1 aromatic carbocycles. The summed E-state index contributed by atoms with van der Waals surface area (Å²) in [7, 11) is 1.77. The van der Waals surface area contributed by atoms with Gasteiger partial charge in [-0.05, 0) is 18.2 Å². The summed E-state index contributed by atoms with van der Waals surface area (Å²) in [6.45, 7) is -0.103. The number of rotatable bonds is 4. The maximum absolute atomic E-state index is 14.6. The van der Waals surface area contributed by atoms with E-state index >= 15 is 0 Å². The highest BCUT2D eigenvalue weighted by molar-refractivity contribution is 6.00. The van der Waals surface area contributed by atoms with E-state index in [0.29, 0.717) is 11.3 Å². The SMILES string of the molecule is Cn1ccc(-c2ccc(Cn3cc(C(=O)O)c4occc4c3=O)c(F)c2)n1. The lowest BCUT2D eigenvalue weighted by atomic mass is 10.1. The van der Waals surface area contributed by atoms with Gasteiger partial charge >= 0.3 is 5.97 Å². The summed E-state index contributed by atoms with van der Waals surface area (Å²) in [5, 5.41) is 13.7. The highest BCUT2D eigenvalue weighted by atomic mass is 19.1. The fourth-order valence-electron chi connectivity index (χ4n) is 2.97. The summed E-state index contributed by atoms with van der Waals surface area (Å²) in [5.41, 5.74) is 0.913. The highest BCUT2D eigenvalue weighted by Crippen LogP contribution is 2.22. The molecule has 0 saturated heterocycles. The van der Waals surface area contributed by atoms with Crippen molar-refractivity contribution in [1.82, 2.24) is 14.3 Å². The standard InChI is InChI=1S/C19H14FN3O4/c1-22-6-4-16(21-22)11-2-3-12(15(20)8-11)9-23-10-14(19(25)26)17-13(18(23)24)5-7-27-17/h2-8,10H,9H2,1H3,(H,25,26). The number of carboxylic acids is 1. The van der Waals surface area contributed by atoms with Crippen LogP contribution >= 0.6 is 0 Å². The van der Waals surface area contributed by atoms with Crippen molar-refractivity contribution in [2.24, 2.45) is 7.05 Å². The Balaban J connectivity index is 1.75. The van der Waals surface area contributed by atoms with E-state index in [-0.39, 0.29) is 28.6 Å². The third-order valence-electron chi connectivity index (χ3n) is 4.32. The number of hydrogen-bond donors (Lipinski definition) is 1. The number of benzene rings is 1. The molecule has 3 heterocycles. The lowest BCUT2D eigenvalue weighted by molar-refractivity contribution is 0.0697. The normalized spacial score (nSPS) is 11.2. The first-order valence-corrected chi connectivity index (χ1v) is 8.06. The van der Waals surface area contributed by atoms with E-state index in [0.717, 1.165) is 0 Å². The van der Waals surface area contributed by atoms with E-state index in [1.54, 1.807) is 36.1 Å². The summed E-state index contributed by atoms with van der Waals surface area (Å²) < 4.78 is 22.5. The van der Waals surface area contributed by atoms with Crippen molar-refractivity contribution in [1.29, 1.82) is 0 Å². The van der Waals surface area contributed by atoms with Crippen molar-refractivity contribution in [3.8, 4) is 11.3 Å². The van der Waals surface area contributed by atoms with E-state index in [1.807, 2.05) is 0 Å². The van der Waals surface area contributed by atoms with Gasteiger partial charge in [0.25, 0.3) is 5.56 Å². The zero-order valence-electron chi connectivity index (χ0n) is 14.2. The number of aromatic nitrogens is 3. The number of fused-ring (bicyclic) bond motifs is 1. The van der Waals surface area contributed by atoms with Crippen LogP contribution in [-0.2, 0) is 13.6 Å². The van der Waals surface area contributed by atoms with Gasteiger partial charge < -0.3 is 14.1 Å². The minimum atomic E-state index is -1.23. The molecule has 0 radical (unpaired) electrons. The molecule has 0 bridgehead atoms. The Morgan fingerprint density at radius 2 is 2.11 bits per heavy atom. The van der Waals surface area contributed by atoms with Crippen molar-refractivity contribution in [3.05, 3.63) is 76.3 Å². The molecule has 0 aliphatic heterocycles. The van der Waals surface area contributed by atoms with E-state index in [2.05, 4.69) is 5.10 Å². The monoisotopic (exact) mass is 367 g/mol. The molecule has 0 aliphatic carbocycles. The van der Waals surface area contributed by atoms with Gasteiger partial charge in [0, 0.05) is 30.6 Å². The molecular formula is C19H14FN3O4. The molecule has 4 aromatic rings. The fraction of sp³-hybridized carbons (Fsp3) is 0.105. The second kappa shape index (κ2) is 6.24. The smallest absolute Gasteiger partial charge is 0.341 e. The Morgan fingerprint density at radius 3 is 2.78 bits per heavy atom. The summed E-state index contributed by atoms with van der Waals surface area (Å²) in [5.74, 6) is -1.73. The molecule has 0 aliphatic rings. The van der Waals surface area contributed by atoms with Gasteiger partial charge in [0.15, 0.2) is 5.58 Å². The number of furan rings is 1. The van der Waals surface area contributed by atoms with Crippen LogP contribution < -0.4 is 5.56 Å². The fourth-order valence-corrected chi connectivity index (χ4v) is 2.97. The third kappa shape index (κ3) is 2.91. The summed E-state index contributed by atoms with van der Waals surface area (Å²) in [6, 6.07) is 7.79. The molecule has 8 heteroatoms. The minimum absolute atomic E-state index is 0.00900. The van der Waals surface area contributed by atoms with Crippen molar-refractivity contribution in [2.45, 2.75) is 6.54 Å². The van der Waals surface area contributed by atoms with Crippen LogP contribution in [0.15, 0.2) is 58.2 Å². The lowest BCUT2D eigenvalue weighted by Crippen LogP contribution is -2.22. The molecule has 0 unspecified atom stereocenters. The summed E-state index contributed by atoms with van der Waals surface area (Å²) in [6.07, 6.45) is 4.18. The van der Waals surface area contributed by atoms with Gasteiger partial charge in [0.1, 0.15) is 11.4 Å². The quantitative estimate of drug-likeness (QED) is 0.599. The van der Waals surface area contributed by atoms with Gasteiger partial charge in [-0.3, -0.25) is 9.48 Å². The maximum Gasteiger partial charge on any atom is 0.341 e. The average molecular weight is 367 g/mol. The molecule has 1 N–H and O–H groups in total. The average Bonchev–Trinajstić information content (AvgIpc) is 3.28. The van der Waals surface area contributed by atoms with Crippen LogP contribution in [0.5, 0.6) is 0 Å². The molecule has 0 fully saturated rings. The number of carbonyl (C=O) groups is 1. The zero-order chi connectivity index (χ0) is 19.1. The van der Waals surface area contributed by atoms with Crippen LogP contribution in [0.25, 0.3) is 22.2 Å². The molecule has 7 nitrogen and oxygen atoms in total. The second-order valence-electron chi connectivity index (χ2n) is 6.13. The highest BCUT2D eigenvalue weighted by Gasteiger charge is 2.17. The number of carboxylic acid groups (broad SMARTS) is 1. The molecule has 4 rings (SSSR count). The van der Waals surface area contributed by atoms with Crippen LogP contribution in [0.3, 0.4) is 0 Å². The third-order valence-corrected chi connectivity index (χ3v) is 4.32. The first-order chi connectivity index (χ1) is 12.9. The molecule has 27 heavy (non-hydrogen) atoms. The Labute approximate surface area is 151 Å². The molecule has 0 amide bonds. The summed E-state index contributed by atoms with van der Waals surface area (Å²) in [4.78, 5) is 24.0. The van der Waals surface area contributed by atoms with Crippen molar-refractivity contribution < 1.29 is 18.7 Å². The van der Waals surface area contributed by atoms with Crippen molar-refractivity contribution >= 4 is 16.9 Å². The first-order valence-electron chi connectivity index (χ1n) is 8.06. The predicted octanol–water partition coefficient (Wildman–Crippen LogP) is 2.88. The van der Waals surface area contributed by atoms with Crippen molar-refractivity contribution in [3.63, 3.8) is 0 Å². The number of hydrogen-bond acceptors (Lipinski definition) is 4. The number of nitrogens with zero attached hydrogens (tertiary/aromatic N) is 3. The van der Waals surface area contributed by atoms with E-state index < -0.39 is 17.3 Å². The number of aromatic carboxylic acids is 1. The van der Waals surface area contributed by atoms with Crippen LogP contribution in [0.2, 0.25) is 0 Å². The van der Waals surface area contributed by atoms with Gasteiger partial charge in [-0.15, -0.1) is 0 Å². The number of halogens is 1. The van der Waals surface area contributed by atoms with Crippen LogP contribution in [-0.4, -0.2) is 25.4 Å². The molecule has 0 spiro atoms. The Morgan fingerprint density at radius 1 is 1.30 bits per heavy atom. The predicted molar refractivity (Wildman–Crippen MR) is 95.1 cm³/mol. The molecule has 3 aromatic heterocycles. The van der Waals surface area contributed by atoms with Gasteiger partial charge in [-0.25, -0.2) is 9.18 Å².